The number of hydrogen-bond acceptors (Lipinski definition) is 0. The van der Waals surface area contributed by atoms with Gasteiger partial charge in [0.15, 0.2) is 0 Å². The van der Waals surface area contributed by atoms with Crippen molar-refractivity contribution in [3.63, 3.8) is 0 Å². The van der Waals surface area contributed by atoms with Crippen LogP contribution in [0.25, 0.3) is 0 Å². The van der Waals surface area contributed by atoms with Gasteiger partial charge in [-0.3, -0.25) is 0 Å². The van der Waals surface area contributed by atoms with Gasteiger partial charge in [-0.2, -0.15) is 0 Å². The third kappa shape index (κ3) is 206. The average Bonchev–Trinajstić information content (AvgIpc) is 1.46. The van der Waals surface area contributed by atoms with Gasteiger partial charge in [-0.05, 0) is 5.83 Å². The van der Waals surface area contributed by atoms with E-state index in [-0.39, 0.29) is 0 Å². The number of alkyl halides is 3. The molecule has 0 aliphatic carbocycles. The Morgan fingerprint density at radius 1 is 1.40 bits per heavy atom. The minimum atomic E-state index is -1.75. The molecule has 0 radical (unpaired) electrons. The van der Waals surface area contributed by atoms with Gasteiger partial charge in [0, 0.05) is 0 Å². The van der Waals surface area contributed by atoms with E-state index in [0.29, 0.717) is 0 Å². The van der Waals surface area contributed by atoms with E-state index in [2.05, 4.69) is 15.9 Å². The van der Waals surface area contributed by atoms with Crippen molar-refractivity contribution < 1.29 is 8.78 Å². The summed E-state index contributed by atoms with van der Waals surface area (Å²) >= 11 is 2.94. The van der Waals surface area contributed by atoms with Gasteiger partial charge in [-0.25, -0.2) is 8.78 Å². The van der Waals surface area contributed by atoms with Crippen LogP contribution in [0.5, 0.6) is 0 Å². The molecule has 5 heavy (non-hydrogen) atoms. The van der Waals surface area contributed by atoms with E-state index >= 15 is 0 Å². The van der Waals surface area contributed by atoms with Gasteiger partial charge >= 0.3 is 0 Å². The molecule has 0 aliphatic heterocycles. The highest BCUT2D eigenvalue weighted by atomic mass is 79.9. The highest BCUT2D eigenvalue weighted by Crippen LogP contribution is 1.56. The van der Waals surface area contributed by atoms with Crippen LogP contribution in [-0.2, 0) is 0 Å². The molecule has 0 saturated carbocycles. The summed E-state index contributed by atoms with van der Waals surface area (Å²) in [7, 11) is 0. The van der Waals surface area contributed by atoms with Crippen molar-refractivity contribution in [2.75, 3.05) is 12.8 Å². The summed E-state index contributed by atoms with van der Waals surface area (Å²) in [5, 5.41) is 0. The van der Waals surface area contributed by atoms with Crippen LogP contribution < -0.4 is 0 Å². The Hall–Kier alpha value is 0.340. The van der Waals surface area contributed by atoms with Crippen LogP contribution in [0.15, 0.2) is 0 Å². The molecule has 0 saturated heterocycles. The molecule has 0 rings (SSSR count). The molecule has 3 heteroatoms. The van der Waals surface area contributed by atoms with Crippen molar-refractivity contribution in [2.45, 2.75) is 0 Å². The number of rotatable bonds is 0. The second-order valence-corrected chi connectivity index (χ2v) is 0.101. The largest absolute Gasteiger partial charge is 0.229 e. The molecule has 0 aliphatic rings. The fraction of sp³-hybridized carbons (Fsp3) is 1.00. The Kier molecular flexibility index (Phi) is 48.6. The lowest BCUT2D eigenvalue weighted by Crippen LogP contribution is -1.34. The Labute approximate surface area is 38.3 Å². The topological polar surface area (TPSA) is 0 Å². The van der Waals surface area contributed by atoms with Crippen LogP contribution in [-0.4, -0.2) is 12.8 Å². The van der Waals surface area contributed by atoms with Crippen LogP contribution in [0, 0.1) is 0 Å². The van der Waals surface area contributed by atoms with Gasteiger partial charge in [-0.1, -0.05) is 15.9 Å². The predicted octanol–water partition coefficient (Wildman–Crippen LogP) is 1.89. The first-order valence-electron chi connectivity index (χ1n) is 0.912. The molecule has 0 heterocycles. The molecular formula is C2H5BrF2. The highest BCUT2D eigenvalue weighted by Gasteiger charge is 1.44. The second-order valence-electron chi connectivity index (χ2n) is 0.101. The highest BCUT2D eigenvalue weighted by molar-refractivity contribution is 9.08. The van der Waals surface area contributed by atoms with Gasteiger partial charge in [0.1, 0.15) is 0 Å². The Morgan fingerprint density at radius 3 is 1.40 bits per heavy atom. The summed E-state index contributed by atoms with van der Waals surface area (Å²) in [5.41, 5.74) is 0. The molecule has 34 valence electrons. The zero-order valence-electron chi connectivity index (χ0n) is 2.84. The van der Waals surface area contributed by atoms with Gasteiger partial charge < -0.3 is 0 Å². The molecular weight excluding hydrogens is 142 g/mol. The summed E-state index contributed by atoms with van der Waals surface area (Å²) in [6.07, 6.45) is 0. The van der Waals surface area contributed by atoms with Crippen molar-refractivity contribution in [3.05, 3.63) is 0 Å². The first kappa shape index (κ1) is 9.02. The maximum atomic E-state index is 9.62. The van der Waals surface area contributed by atoms with Crippen molar-refractivity contribution in [3.8, 4) is 0 Å². The maximum Gasteiger partial charge on any atom is 0.229 e. The second kappa shape index (κ2) is 27.0. The maximum absolute atomic E-state index is 9.62. The fourth-order valence-electron chi connectivity index (χ4n) is 0. The molecule has 0 spiro atoms. The Bertz CT molecular complexity index is 7.61. The van der Waals surface area contributed by atoms with E-state index in [1.807, 2.05) is 5.83 Å². The van der Waals surface area contributed by atoms with Gasteiger partial charge in [0.2, 0.25) is 6.93 Å². The van der Waals surface area contributed by atoms with Crippen LogP contribution in [0.1, 0.15) is 0 Å². The van der Waals surface area contributed by atoms with Crippen molar-refractivity contribution in [1.29, 1.82) is 0 Å². The first-order chi connectivity index (χ1) is 2.41. The third-order valence-electron chi connectivity index (χ3n) is 0. The molecule has 0 amide bonds. The Morgan fingerprint density at radius 2 is 1.40 bits per heavy atom. The van der Waals surface area contributed by atoms with Crippen molar-refractivity contribution in [2.24, 2.45) is 0 Å². The monoisotopic (exact) mass is 146 g/mol. The lowest BCUT2D eigenvalue weighted by atomic mass is 11.7. The van der Waals surface area contributed by atoms with E-state index in [1.54, 1.807) is 0 Å². The van der Waals surface area contributed by atoms with Gasteiger partial charge in [0.25, 0.3) is 0 Å². The normalized spacial score (nSPS) is 4.80. The standard InChI is InChI=1S/CH3Br.CH2F2/c1-2;2-1-3/h1H3;1H2. The van der Waals surface area contributed by atoms with Crippen LogP contribution >= 0.6 is 15.9 Å². The molecule has 0 aromatic heterocycles. The summed E-state index contributed by atoms with van der Waals surface area (Å²) in [6, 6.07) is 0. The summed E-state index contributed by atoms with van der Waals surface area (Å²) < 4.78 is 19.2. The minimum absolute atomic E-state index is 1.75. The van der Waals surface area contributed by atoms with E-state index in [4.69, 9.17) is 0 Å². The Balaban J connectivity index is 0. The van der Waals surface area contributed by atoms with Gasteiger partial charge in [0.05, 0.1) is 0 Å². The molecule has 0 aromatic carbocycles. The van der Waals surface area contributed by atoms with Crippen LogP contribution in [0.4, 0.5) is 8.78 Å². The van der Waals surface area contributed by atoms with Crippen molar-refractivity contribution >= 4 is 15.9 Å². The smallest absolute Gasteiger partial charge is 0.214 e. The van der Waals surface area contributed by atoms with Crippen molar-refractivity contribution in [1.82, 2.24) is 0 Å². The lowest BCUT2D eigenvalue weighted by molar-refractivity contribution is 0.295. The lowest BCUT2D eigenvalue weighted by Gasteiger charge is -1.42. The van der Waals surface area contributed by atoms with E-state index in [9.17, 15) is 8.78 Å². The molecule has 0 N–H and O–H groups in total. The number of hydrogen-bond donors (Lipinski definition) is 0. The summed E-state index contributed by atoms with van der Waals surface area (Å²) in [6.45, 7) is -1.75. The zero-order chi connectivity index (χ0) is 4.71. The average molecular weight is 147 g/mol. The quantitative estimate of drug-likeness (QED) is 0.459. The SMILES string of the molecule is CBr.FCF. The number of halogens is 3. The molecule has 0 unspecified atom stereocenters. The molecule has 0 atom stereocenters. The van der Waals surface area contributed by atoms with E-state index in [1.165, 1.54) is 0 Å². The molecule has 0 nitrogen and oxygen atoms in total. The third-order valence-corrected chi connectivity index (χ3v) is 0. The molecule has 0 aromatic rings. The van der Waals surface area contributed by atoms with E-state index < -0.39 is 6.93 Å². The van der Waals surface area contributed by atoms with Crippen LogP contribution in [0.2, 0.25) is 0 Å². The fourth-order valence-corrected chi connectivity index (χ4v) is 0. The first-order valence-corrected chi connectivity index (χ1v) is 2.50. The molecule has 0 fully saturated rings. The molecule has 0 bridgehead atoms. The van der Waals surface area contributed by atoms with E-state index in [0.717, 1.165) is 0 Å². The van der Waals surface area contributed by atoms with Crippen LogP contribution in [0.3, 0.4) is 0 Å². The zero-order valence-corrected chi connectivity index (χ0v) is 4.43. The minimum Gasteiger partial charge on any atom is -0.214 e. The summed E-state index contributed by atoms with van der Waals surface area (Å²) in [5.74, 6) is 1.81. The van der Waals surface area contributed by atoms with Gasteiger partial charge in [-0.15, -0.1) is 0 Å². The predicted molar refractivity (Wildman–Crippen MR) is 21.9 cm³/mol. The summed E-state index contributed by atoms with van der Waals surface area (Å²) in [4.78, 5) is 0.